The molecule has 0 amide bonds. The molecular weight excluding hydrogens is 320 g/mol. The van der Waals surface area contributed by atoms with E-state index in [-0.39, 0.29) is 0 Å². The molecule has 0 unspecified atom stereocenters. The Labute approximate surface area is 124 Å². The van der Waals surface area contributed by atoms with E-state index < -0.39 is 0 Å². The minimum Gasteiger partial charge on any atom is -0.399 e. The molecule has 2 nitrogen and oxygen atoms in total. The molecule has 0 fully saturated rings. The number of halogens is 1. The van der Waals surface area contributed by atoms with Crippen molar-refractivity contribution in [3.63, 3.8) is 0 Å². The lowest BCUT2D eigenvalue weighted by atomic mass is 10.1. The lowest BCUT2D eigenvalue weighted by Gasteiger charge is -2.04. The van der Waals surface area contributed by atoms with Crippen molar-refractivity contribution in [2.24, 2.45) is 0 Å². The molecule has 0 aliphatic rings. The van der Waals surface area contributed by atoms with Crippen molar-refractivity contribution in [1.82, 2.24) is 4.98 Å². The third kappa shape index (κ3) is 2.38. The van der Waals surface area contributed by atoms with Gasteiger partial charge in [0, 0.05) is 15.7 Å². The standard InChI is InChI=1S/C15H13BrN2S/c1-2-9-7-10(3-5-12(9)17)15-18-13-6-4-11(16)8-14(13)19-15/h3-8H,2,17H2,1H3. The van der Waals surface area contributed by atoms with Crippen molar-refractivity contribution in [2.45, 2.75) is 13.3 Å². The average molecular weight is 333 g/mol. The molecule has 0 radical (unpaired) electrons. The van der Waals surface area contributed by atoms with Gasteiger partial charge >= 0.3 is 0 Å². The van der Waals surface area contributed by atoms with Crippen molar-refractivity contribution < 1.29 is 0 Å². The van der Waals surface area contributed by atoms with Crippen LogP contribution in [0.15, 0.2) is 40.9 Å². The van der Waals surface area contributed by atoms with E-state index in [4.69, 9.17) is 5.73 Å². The average Bonchev–Trinajstić information content (AvgIpc) is 2.82. The second kappa shape index (κ2) is 4.94. The molecule has 0 spiro atoms. The normalized spacial score (nSPS) is 11.1. The summed E-state index contributed by atoms with van der Waals surface area (Å²) in [4.78, 5) is 4.69. The molecule has 3 rings (SSSR count). The first-order valence-electron chi connectivity index (χ1n) is 6.12. The van der Waals surface area contributed by atoms with Gasteiger partial charge in [-0.3, -0.25) is 0 Å². The van der Waals surface area contributed by atoms with Gasteiger partial charge in [0.2, 0.25) is 0 Å². The van der Waals surface area contributed by atoms with Gasteiger partial charge in [-0.25, -0.2) is 4.98 Å². The van der Waals surface area contributed by atoms with Crippen LogP contribution in [-0.2, 0) is 6.42 Å². The number of nitrogen functional groups attached to an aromatic ring is 1. The summed E-state index contributed by atoms with van der Waals surface area (Å²) in [7, 11) is 0. The molecule has 4 heteroatoms. The molecular formula is C15H13BrN2S. The second-order valence-electron chi connectivity index (χ2n) is 4.40. The lowest BCUT2D eigenvalue weighted by molar-refractivity contribution is 1.14. The lowest BCUT2D eigenvalue weighted by Crippen LogP contribution is -1.92. The fourth-order valence-corrected chi connectivity index (χ4v) is 3.58. The highest BCUT2D eigenvalue weighted by atomic mass is 79.9. The highest BCUT2D eigenvalue weighted by molar-refractivity contribution is 9.10. The summed E-state index contributed by atoms with van der Waals surface area (Å²) in [6, 6.07) is 12.3. The van der Waals surface area contributed by atoms with Crippen molar-refractivity contribution in [3.8, 4) is 10.6 Å². The van der Waals surface area contributed by atoms with Crippen LogP contribution in [0.4, 0.5) is 5.69 Å². The number of nitrogens with zero attached hydrogens (tertiary/aromatic N) is 1. The maximum Gasteiger partial charge on any atom is 0.124 e. The number of benzene rings is 2. The van der Waals surface area contributed by atoms with Crippen LogP contribution in [0.1, 0.15) is 12.5 Å². The van der Waals surface area contributed by atoms with E-state index in [1.807, 2.05) is 24.3 Å². The van der Waals surface area contributed by atoms with Crippen molar-refractivity contribution in [1.29, 1.82) is 0 Å². The van der Waals surface area contributed by atoms with Gasteiger partial charge in [-0.15, -0.1) is 11.3 Å². The first kappa shape index (κ1) is 12.6. The predicted octanol–water partition coefficient (Wildman–Crippen LogP) is 4.87. The first-order valence-corrected chi connectivity index (χ1v) is 7.73. The van der Waals surface area contributed by atoms with Crippen LogP contribution in [0.3, 0.4) is 0 Å². The van der Waals surface area contributed by atoms with E-state index in [0.29, 0.717) is 0 Å². The third-order valence-electron chi connectivity index (χ3n) is 3.12. The Morgan fingerprint density at radius 1 is 1.21 bits per heavy atom. The fourth-order valence-electron chi connectivity index (χ4n) is 2.07. The Morgan fingerprint density at radius 3 is 2.84 bits per heavy atom. The van der Waals surface area contributed by atoms with Crippen LogP contribution in [-0.4, -0.2) is 4.98 Å². The minimum atomic E-state index is 0.857. The van der Waals surface area contributed by atoms with Crippen molar-refractivity contribution in [2.75, 3.05) is 5.73 Å². The van der Waals surface area contributed by atoms with Gasteiger partial charge < -0.3 is 5.73 Å². The Kier molecular flexibility index (Phi) is 3.29. The molecule has 96 valence electrons. The largest absolute Gasteiger partial charge is 0.399 e. The Bertz CT molecular complexity index is 749. The number of hydrogen-bond acceptors (Lipinski definition) is 3. The molecule has 1 aromatic heterocycles. The molecule has 0 aliphatic carbocycles. The van der Waals surface area contributed by atoms with Gasteiger partial charge in [0.1, 0.15) is 5.01 Å². The zero-order valence-electron chi connectivity index (χ0n) is 10.5. The maximum absolute atomic E-state index is 5.95. The Balaban J connectivity index is 2.13. The van der Waals surface area contributed by atoms with Crippen LogP contribution in [0, 0.1) is 0 Å². The van der Waals surface area contributed by atoms with Gasteiger partial charge in [-0.1, -0.05) is 22.9 Å². The number of aryl methyl sites for hydroxylation is 1. The molecule has 2 aromatic carbocycles. The quantitative estimate of drug-likeness (QED) is 0.680. The number of aromatic nitrogens is 1. The molecule has 1 heterocycles. The van der Waals surface area contributed by atoms with Crippen LogP contribution in [0.5, 0.6) is 0 Å². The molecule has 3 aromatic rings. The van der Waals surface area contributed by atoms with Crippen LogP contribution in [0.25, 0.3) is 20.8 Å². The number of thiazole rings is 1. The van der Waals surface area contributed by atoms with Crippen molar-refractivity contribution >= 4 is 43.2 Å². The summed E-state index contributed by atoms with van der Waals surface area (Å²) < 4.78 is 2.28. The van der Waals surface area contributed by atoms with Crippen LogP contribution >= 0.6 is 27.3 Å². The maximum atomic E-state index is 5.95. The second-order valence-corrected chi connectivity index (χ2v) is 6.34. The Morgan fingerprint density at radius 2 is 2.05 bits per heavy atom. The highest BCUT2D eigenvalue weighted by Crippen LogP contribution is 2.33. The topological polar surface area (TPSA) is 38.9 Å². The van der Waals surface area contributed by atoms with Gasteiger partial charge in [-0.05, 0) is 48.4 Å². The van der Waals surface area contributed by atoms with Crippen LogP contribution < -0.4 is 5.73 Å². The summed E-state index contributed by atoms with van der Waals surface area (Å²) in [6.45, 7) is 2.12. The SMILES string of the molecule is CCc1cc(-c2nc3ccc(Br)cc3s2)ccc1N. The van der Waals surface area contributed by atoms with E-state index in [9.17, 15) is 0 Å². The van der Waals surface area contributed by atoms with Gasteiger partial charge in [-0.2, -0.15) is 0 Å². The molecule has 2 N–H and O–H groups in total. The van der Waals surface area contributed by atoms with Gasteiger partial charge in [0.25, 0.3) is 0 Å². The van der Waals surface area contributed by atoms with E-state index in [1.54, 1.807) is 11.3 Å². The Hall–Kier alpha value is -1.39. The van der Waals surface area contributed by atoms with E-state index in [0.717, 1.165) is 32.7 Å². The van der Waals surface area contributed by atoms with Crippen LogP contribution in [0.2, 0.25) is 0 Å². The fraction of sp³-hybridized carbons (Fsp3) is 0.133. The molecule has 0 aliphatic heterocycles. The van der Waals surface area contributed by atoms with E-state index in [1.165, 1.54) is 10.3 Å². The van der Waals surface area contributed by atoms with E-state index in [2.05, 4.69) is 40.0 Å². The molecule has 0 saturated carbocycles. The molecule has 0 atom stereocenters. The molecule has 19 heavy (non-hydrogen) atoms. The number of hydrogen-bond donors (Lipinski definition) is 1. The summed E-state index contributed by atoms with van der Waals surface area (Å²) in [5.74, 6) is 0. The zero-order valence-corrected chi connectivity index (χ0v) is 12.9. The zero-order chi connectivity index (χ0) is 13.4. The van der Waals surface area contributed by atoms with Gasteiger partial charge in [0.15, 0.2) is 0 Å². The monoisotopic (exact) mass is 332 g/mol. The minimum absolute atomic E-state index is 0.857. The number of fused-ring (bicyclic) bond motifs is 1. The summed E-state index contributed by atoms with van der Waals surface area (Å²) in [6.07, 6.45) is 0.941. The summed E-state index contributed by atoms with van der Waals surface area (Å²) in [5.41, 5.74) is 10.2. The third-order valence-corrected chi connectivity index (χ3v) is 4.68. The number of rotatable bonds is 2. The van der Waals surface area contributed by atoms with E-state index >= 15 is 0 Å². The summed E-state index contributed by atoms with van der Waals surface area (Å²) in [5, 5.41) is 1.04. The first-order chi connectivity index (χ1) is 9.17. The number of anilines is 1. The number of nitrogens with two attached hydrogens (primary N) is 1. The molecule has 0 bridgehead atoms. The highest BCUT2D eigenvalue weighted by Gasteiger charge is 2.08. The van der Waals surface area contributed by atoms with Crippen molar-refractivity contribution in [3.05, 3.63) is 46.4 Å². The molecule has 0 saturated heterocycles. The smallest absolute Gasteiger partial charge is 0.124 e. The summed E-state index contributed by atoms with van der Waals surface area (Å²) >= 11 is 5.20. The van der Waals surface area contributed by atoms with Gasteiger partial charge in [0.05, 0.1) is 10.2 Å². The predicted molar refractivity (Wildman–Crippen MR) is 86.5 cm³/mol.